The van der Waals surface area contributed by atoms with Crippen LogP contribution in [0.4, 0.5) is 0 Å². The van der Waals surface area contributed by atoms with E-state index in [2.05, 4.69) is 5.10 Å². The van der Waals surface area contributed by atoms with Gasteiger partial charge in [0.05, 0.1) is 11.3 Å². The molecule has 0 amide bonds. The predicted molar refractivity (Wildman–Crippen MR) is 65.1 cm³/mol. The van der Waals surface area contributed by atoms with Gasteiger partial charge in [-0.2, -0.15) is 5.10 Å². The minimum Gasteiger partial charge on any atom is -0.478 e. The van der Waals surface area contributed by atoms with Crippen LogP contribution in [0.3, 0.4) is 0 Å². The molecule has 2 rings (SSSR count). The van der Waals surface area contributed by atoms with Crippen molar-refractivity contribution in [1.82, 2.24) is 9.78 Å². The highest BCUT2D eigenvalue weighted by atomic mass is 16.4. The van der Waals surface area contributed by atoms with E-state index in [1.807, 2.05) is 33.2 Å². The van der Waals surface area contributed by atoms with Crippen LogP contribution in [0.1, 0.15) is 21.6 Å². The van der Waals surface area contributed by atoms with Crippen molar-refractivity contribution in [2.45, 2.75) is 13.8 Å². The third-order valence-electron chi connectivity index (χ3n) is 2.78. The number of hydrogen-bond donors (Lipinski definition) is 1. The number of carboxylic acids is 1. The quantitative estimate of drug-likeness (QED) is 0.861. The van der Waals surface area contributed by atoms with E-state index in [-0.39, 0.29) is 0 Å². The molecule has 1 aromatic carbocycles. The Balaban J connectivity index is 2.54. The maximum absolute atomic E-state index is 10.9. The van der Waals surface area contributed by atoms with Crippen molar-refractivity contribution < 1.29 is 9.90 Å². The van der Waals surface area contributed by atoms with E-state index in [4.69, 9.17) is 5.11 Å². The molecule has 0 aliphatic rings. The molecule has 0 saturated heterocycles. The number of aromatic nitrogens is 2. The van der Waals surface area contributed by atoms with Gasteiger partial charge in [-0.1, -0.05) is 6.07 Å². The third-order valence-corrected chi connectivity index (χ3v) is 2.78. The van der Waals surface area contributed by atoms with Crippen LogP contribution in [0.5, 0.6) is 0 Å². The topological polar surface area (TPSA) is 55.1 Å². The fourth-order valence-corrected chi connectivity index (χ4v) is 1.96. The Kier molecular flexibility index (Phi) is 2.71. The van der Waals surface area contributed by atoms with E-state index in [0.29, 0.717) is 5.56 Å². The van der Waals surface area contributed by atoms with Crippen LogP contribution in [0.15, 0.2) is 24.4 Å². The summed E-state index contributed by atoms with van der Waals surface area (Å²) in [5, 5.41) is 13.2. The minimum atomic E-state index is -0.900. The van der Waals surface area contributed by atoms with Gasteiger partial charge in [0, 0.05) is 18.8 Å². The summed E-state index contributed by atoms with van der Waals surface area (Å²) in [7, 11) is 1.87. The van der Waals surface area contributed by atoms with Gasteiger partial charge in [-0.15, -0.1) is 0 Å². The Morgan fingerprint density at radius 1 is 1.29 bits per heavy atom. The summed E-state index contributed by atoms with van der Waals surface area (Å²) < 4.78 is 1.76. The maximum atomic E-state index is 10.9. The number of carboxylic acid groups (broad SMARTS) is 1. The summed E-state index contributed by atoms with van der Waals surface area (Å²) in [4.78, 5) is 10.9. The SMILES string of the molecule is Cc1cc(C(=O)O)ccc1-c1cn(C)nc1C. The lowest BCUT2D eigenvalue weighted by atomic mass is 9.99. The van der Waals surface area contributed by atoms with Gasteiger partial charge in [0.2, 0.25) is 0 Å². The van der Waals surface area contributed by atoms with Gasteiger partial charge < -0.3 is 5.11 Å². The summed E-state index contributed by atoms with van der Waals surface area (Å²) >= 11 is 0. The van der Waals surface area contributed by atoms with Gasteiger partial charge in [-0.05, 0) is 37.1 Å². The van der Waals surface area contributed by atoms with E-state index in [1.165, 1.54) is 0 Å². The van der Waals surface area contributed by atoms with Crippen molar-refractivity contribution in [3.63, 3.8) is 0 Å². The molecule has 0 unspecified atom stereocenters. The first-order chi connectivity index (χ1) is 7.99. The second-order valence-corrected chi connectivity index (χ2v) is 4.14. The van der Waals surface area contributed by atoms with Gasteiger partial charge in [-0.25, -0.2) is 4.79 Å². The molecule has 4 nitrogen and oxygen atoms in total. The molecule has 0 spiro atoms. The highest BCUT2D eigenvalue weighted by Crippen LogP contribution is 2.26. The molecule has 0 radical (unpaired) electrons. The van der Waals surface area contributed by atoms with Crippen molar-refractivity contribution in [2.75, 3.05) is 0 Å². The molecule has 0 atom stereocenters. The Hall–Kier alpha value is -2.10. The highest BCUT2D eigenvalue weighted by Gasteiger charge is 2.11. The average molecular weight is 230 g/mol. The Morgan fingerprint density at radius 3 is 2.47 bits per heavy atom. The van der Waals surface area contributed by atoms with Gasteiger partial charge >= 0.3 is 5.97 Å². The van der Waals surface area contributed by atoms with Crippen LogP contribution < -0.4 is 0 Å². The fourth-order valence-electron chi connectivity index (χ4n) is 1.96. The lowest BCUT2D eigenvalue weighted by Crippen LogP contribution is -1.97. The van der Waals surface area contributed by atoms with Crippen LogP contribution in [0.2, 0.25) is 0 Å². The van der Waals surface area contributed by atoms with Gasteiger partial charge in [0.15, 0.2) is 0 Å². The maximum Gasteiger partial charge on any atom is 0.335 e. The molecular formula is C13H14N2O2. The van der Waals surface area contributed by atoms with Crippen LogP contribution in [-0.2, 0) is 7.05 Å². The molecule has 1 heterocycles. The van der Waals surface area contributed by atoms with E-state index >= 15 is 0 Å². The molecule has 0 saturated carbocycles. The first-order valence-electron chi connectivity index (χ1n) is 5.33. The second-order valence-electron chi connectivity index (χ2n) is 4.14. The fraction of sp³-hybridized carbons (Fsp3) is 0.231. The molecular weight excluding hydrogens is 216 g/mol. The van der Waals surface area contributed by atoms with Gasteiger partial charge in [-0.3, -0.25) is 4.68 Å². The largest absolute Gasteiger partial charge is 0.478 e. The highest BCUT2D eigenvalue weighted by molar-refractivity contribution is 5.89. The lowest BCUT2D eigenvalue weighted by molar-refractivity contribution is 0.0697. The van der Waals surface area contributed by atoms with Crippen molar-refractivity contribution >= 4 is 5.97 Å². The standard InChI is InChI=1S/C13H14N2O2/c1-8-6-10(13(16)17)4-5-11(8)12-7-15(3)14-9(12)2/h4-7H,1-3H3,(H,16,17). The summed E-state index contributed by atoms with van der Waals surface area (Å²) in [5.74, 6) is -0.900. The number of rotatable bonds is 2. The second kappa shape index (κ2) is 4.05. The smallest absolute Gasteiger partial charge is 0.335 e. The summed E-state index contributed by atoms with van der Waals surface area (Å²) in [5.41, 5.74) is 4.27. The van der Waals surface area contributed by atoms with Crippen molar-refractivity contribution in [2.24, 2.45) is 7.05 Å². The Labute approximate surface area is 99.5 Å². The molecule has 4 heteroatoms. The number of nitrogens with zero attached hydrogens (tertiary/aromatic N) is 2. The van der Waals surface area contributed by atoms with E-state index in [1.54, 1.807) is 16.8 Å². The zero-order valence-corrected chi connectivity index (χ0v) is 10.1. The zero-order chi connectivity index (χ0) is 12.6. The molecule has 0 bridgehead atoms. The van der Waals surface area contributed by atoms with Crippen LogP contribution in [0.25, 0.3) is 11.1 Å². The monoisotopic (exact) mass is 230 g/mol. The number of carbonyl (C=O) groups is 1. The van der Waals surface area contributed by atoms with Crippen LogP contribution in [0, 0.1) is 13.8 Å². The molecule has 0 aliphatic carbocycles. The zero-order valence-electron chi connectivity index (χ0n) is 10.1. The number of aromatic carboxylic acids is 1. The molecule has 17 heavy (non-hydrogen) atoms. The molecule has 0 fully saturated rings. The van der Waals surface area contributed by atoms with Crippen LogP contribution >= 0.6 is 0 Å². The van der Waals surface area contributed by atoms with Crippen molar-refractivity contribution in [1.29, 1.82) is 0 Å². The molecule has 2 aromatic rings. The van der Waals surface area contributed by atoms with E-state index in [0.717, 1.165) is 22.4 Å². The molecule has 1 N–H and O–H groups in total. The Morgan fingerprint density at radius 2 is 2.00 bits per heavy atom. The molecule has 1 aromatic heterocycles. The number of benzene rings is 1. The summed E-state index contributed by atoms with van der Waals surface area (Å²) in [6.07, 6.45) is 1.94. The third kappa shape index (κ3) is 2.06. The average Bonchev–Trinajstić information content (AvgIpc) is 2.57. The number of hydrogen-bond acceptors (Lipinski definition) is 2. The van der Waals surface area contributed by atoms with E-state index < -0.39 is 5.97 Å². The lowest BCUT2D eigenvalue weighted by Gasteiger charge is -2.05. The normalized spacial score (nSPS) is 10.5. The van der Waals surface area contributed by atoms with Crippen molar-refractivity contribution in [3.8, 4) is 11.1 Å². The molecule has 0 aliphatic heterocycles. The number of aryl methyl sites for hydroxylation is 3. The van der Waals surface area contributed by atoms with Crippen molar-refractivity contribution in [3.05, 3.63) is 41.2 Å². The summed E-state index contributed by atoms with van der Waals surface area (Å²) in [6, 6.07) is 5.14. The van der Waals surface area contributed by atoms with Gasteiger partial charge in [0.1, 0.15) is 0 Å². The van der Waals surface area contributed by atoms with Gasteiger partial charge in [0.25, 0.3) is 0 Å². The molecule has 88 valence electrons. The first kappa shape index (κ1) is 11.4. The predicted octanol–water partition coefficient (Wildman–Crippen LogP) is 2.40. The Bertz CT molecular complexity index is 585. The van der Waals surface area contributed by atoms with E-state index in [9.17, 15) is 4.79 Å². The minimum absolute atomic E-state index is 0.313. The first-order valence-corrected chi connectivity index (χ1v) is 5.33. The van der Waals surface area contributed by atoms with Crippen LogP contribution in [-0.4, -0.2) is 20.9 Å². The summed E-state index contributed by atoms with van der Waals surface area (Å²) in [6.45, 7) is 3.86.